The first kappa shape index (κ1) is 20.5. The summed E-state index contributed by atoms with van der Waals surface area (Å²) in [6, 6.07) is 10.0. The minimum Gasteiger partial charge on any atom is -0.330 e. The number of rotatable bonds is 7. The van der Waals surface area contributed by atoms with E-state index in [1.807, 2.05) is 54.5 Å². The summed E-state index contributed by atoms with van der Waals surface area (Å²) in [7, 11) is 0. The standard InChI is InChI=1S/C22H29N3O2S/c1-3-19(17-10-6-4-7-11-17)21(27)25(18-12-8-5-9-13-18)14-20(26)24-22-23-16(2)15-28-22/h4,6-7,10-11,15,18-19H,3,5,8-9,12-14H2,1-2H3,(H,23,24,26). The first-order valence-corrected chi connectivity index (χ1v) is 11.0. The average molecular weight is 400 g/mol. The number of nitrogens with one attached hydrogen (secondary N) is 1. The Bertz CT molecular complexity index is 784. The summed E-state index contributed by atoms with van der Waals surface area (Å²) in [5.41, 5.74) is 1.91. The van der Waals surface area contributed by atoms with Crippen molar-refractivity contribution in [2.75, 3.05) is 11.9 Å². The van der Waals surface area contributed by atoms with E-state index in [4.69, 9.17) is 0 Å². The zero-order chi connectivity index (χ0) is 19.9. The molecule has 0 aliphatic heterocycles. The Morgan fingerprint density at radius 1 is 1.21 bits per heavy atom. The van der Waals surface area contributed by atoms with Crippen LogP contribution in [0, 0.1) is 6.92 Å². The number of thiazole rings is 1. The van der Waals surface area contributed by atoms with E-state index in [0.717, 1.165) is 43.4 Å². The third-order valence-corrected chi connectivity index (χ3v) is 6.26. The molecule has 1 fully saturated rings. The lowest BCUT2D eigenvalue weighted by molar-refractivity contribution is -0.139. The highest BCUT2D eigenvalue weighted by Gasteiger charge is 2.32. The maximum absolute atomic E-state index is 13.5. The fourth-order valence-corrected chi connectivity index (χ4v) is 4.65. The lowest BCUT2D eigenvalue weighted by Crippen LogP contribution is -2.47. The van der Waals surface area contributed by atoms with Crippen molar-refractivity contribution in [2.45, 2.75) is 64.3 Å². The third kappa shape index (κ3) is 5.19. The van der Waals surface area contributed by atoms with Gasteiger partial charge in [0.2, 0.25) is 11.8 Å². The fourth-order valence-electron chi connectivity index (χ4n) is 3.94. The minimum absolute atomic E-state index is 0.0612. The molecular weight excluding hydrogens is 370 g/mol. The summed E-state index contributed by atoms with van der Waals surface area (Å²) in [5.74, 6) is -0.319. The summed E-state index contributed by atoms with van der Waals surface area (Å²) in [6.45, 7) is 4.02. The summed E-state index contributed by atoms with van der Waals surface area (Å²) < 4.78 is 0. The second-order valence-corrected chi connectivity index (χ2v) is 8.33. The number of amides is 2. The molecule has 1 heterocycles. The maximum Gasteiger partial charge on any atom is 0.245 e. The topological polar surface area (TPSA) is 62.3 Å². The molecular formula is C22H29N3O2S. The van der Waals surface area contributed by atoms with Crippen molar-refractivity contribution in [1.82, 2.24) is 9.88 Å². The second kappa shape index (κ2) is 9.82. The maximum atomic E-state index is 13.5. The quantitative estimate of drug-likeness (QED) is 0.731. The number of carbonyl (C=O) groups excluding carboxylic acids is 2. The van der Waals surface area contributed by atoms with Gasteiger partial charge in [0.15, 0.2) is 5.13 Å². The molecule has 1 aromatic heterocycles. The molecule has 1 aromatic carbocycles. The molecule has 0 saturated heterocycles. The van der Waals surface area contributed by atoms with Crippen molar-refractivity contribution in [3.8, 4) is 0 Å². The van der Waals surface area contributed by atoms with E-state index in [1.54, 1.807) is 0 Å². The van der Waals surface area contributed by atoms with Gasteiger partial charge in [-0.25, -0.2) is 4.98 Å². The van der Waals surface area contributed by atoms with E-state index in [1.165, 1.54) is 17.8 Å². The molecule has 0 radical (unpaired) electrons. The molecule has 6 heteroatoms. The number of nitrogens with zero attached hydrogens (tertiary/aromatic N) is 2. The third-order valence-electron chi connectivity index (χ3n) is 5.39. The van der Waals surface area contributed by atoms with Crippen molar-refractivity contribution < 1.29 is 9.59 Å². The van der Waals surface area contributed by atoms with Gasteiger partial charge in [-0.05, 0) is 31.7 Å². The van der Waals surface area contributed by atoms with Gasteiger partial charge < -0.3 is 10.2 Å². The van der Waals surface area contributed by atoms with Crippen molar-refractivity contribution in [3.05, 3.63) is 47.0 Å². The lowest BCUT2D eigenvalue weighted by atomic mass is 9.90. The van der Waals surface area contributed by atoms with Gasteiger partial charge in [0.25, 0.3) is 0 Å². The zero-order valence-electron chi connectivity index (χ0n) is 16.7. The number of anilines is 1. The van der Waals surface area contributed by atoms with Crippen molar-refractivity contribution >= 4 is 28.3 Å². The second-order valence-electron chi connectivity index (χ2n) is 7.47. The van der Waals surface area contributed by atoms with E-state index in [0.29, 0.717) is 5.13 Å². The van der Waals surface area contributed by atoms with Crippen LogP contribution in [0.5, 0.6) is 0 Å². The number of hydrogen-bond acceptors (Lipinski definition) is 4. The summed E-state index contributed by atoms with van der Waals surface area (Å²) >= 11 is 1.41. The van der Waals surface area contributed by atoms with Crippen LogP contribution in [0.2, 0.25) is 0 Å². The fraction of sp³-hybridized carbons (Fsp3) is 0.500. The molecule has 3 rings (SSSR count). The summed E-state index contributed by atoms with van der Waals surface area (Å²) in [6.07, 6.45) is 6.10. The highest BCUT2D eigenvalue weighted by molar-refractivity contribution is 7.13. The monoisotopic (exact) mass is 399 g/mol. The van der Waals surface area contributed by atoms with Gasteiger partial charge in [-0.2, -0.15) is 0 Å². The molecule has 1 atom stereocenters. The van der Waals surface area contributed by atoms with E-state index >= 15 is 0 Å². The van der Waals surface area contributed by atoms with Crippen LogP contribution >= 0.6 is 11.3 Å². The van der Waals surface area contributed by atoms with Crippen LogP contribution in [-0.2, 0) is 9.59 Å². The Balaban J connectivity index is 1.77. The van der Waals surface area contributed by atoms with Crippen molar-refractivity contribution in [1.29, 1.82) is 0 Å². The van der Waals surface area contributed by atoms with Crippen LogP contribution in [0.4, 0.5) is 5.13 Å². The van der Waals surface area contributed by atoms with Crippen LogP contribution in [0.15, 0.2) is 35.7 Å². The summed E-state index contributed by atoms with van der Waals surface area (Å²) in [4.78, 5) is 32.3. The first-order valence-electron chi connectivity index (χ1n) is 10.2. The Labute approximate surface area is 171 Å². The molecule has 0 bridgehead atoms. The molecule has 1 N–H and O–H groups in total. The largest absolute Gasteiger partial charge is 0.330 e. The van der Waals surface area contributed by atoms with Crippen LogP contribution in [0.3, 0.4) is 0 Å². The number of aromatic nitrogens is 1. The number of carbonyl (C=O) groups is 2. The van der Waals surface area contributed by atoms with Crippen LogP contribution in [0.25, 0.3) is 0 Å². The van der Waals surface area contributed by atoms with Crippen molar-refractivity contribution in [2.24, 2.45) is 0 Å². The molecule has 0 spiro atoms. The highest BCUT2D eigenvalue weighted by Crippen LogP contribution is 2.28. The Kier molecular flexibility index (Phi) is 7.20. The summed E-state index contributed by atoms with van der Waals surface area (Å²) in [5, 5.41) is 5.35. The predicted molar refractivity (Wildman–Crippen MR) is 114 cm³/mol. The number of hydrogen-bond donors (Lipinski definition) is 1. The Morgan fingerprint density at radius 3 is 2.54 bits per heavy atom. The zero-order valence-corrected chi connectivity index (χ0v) is 17.5. The minimum atomic E-state index is -0.210. The highest BCUT2D eigenvalue weighted by atomic mass is 32.1. The van der Waals surface area contributed by atoms with Gasteiger partial charge >= 0.3 is 0 Å². The normalized spacial score (nSPS) is 15.8. The molecule has 150 valence electrons. The molecule has 2 aromatic rings. The molecule has 1 saturated carbocycles. The van der Waals surface area contributed by atoms with Gasteiger partial charge in [-0.1, -0.05) is 56.5 Å². The predicted octanol–water partition coefficient (Wildman–Crippen LogP) is 4.75. The molecule has 2 amide bonds. The number of aryl methyl sites for hydroxylation is 1. The van der Waals surface area contributed by atoms with Crippen LogP contribution < -0.4 is 5.32 Å². The molecule has 1 unspecified atom stereocenters. The van der Waals surface area contributed by atoms with Gasteiger partial charge in [0.1, 0.15) is 6.54 Å². The molecule has 1 aliphatic carbocycles. The molecule has 28 heavy (non-hydrogen) atoms. The average Bonchev–Trinajstić information content (AvgIpc) is 3.12. The smallest absolute Gasteiger partial charge is 0.245 e. The lowest BCUT2D eigenvalue weighted by Gasteiger charge is -2.36. The van der Waals surface area contributed by atoms with Crippen LogP contribution in [0.1, 0.15) is 62.6 Å². The number of benzene rings is 1. The Hall–Kier alpha value is -2.21. The van der Waals surface area contributed by atoms with Gasteiger partial charge in [-0.3, -0.25) is 9.59 Å². The van der Waals surface area contributed by atoms with Crippen molar-refractivity contribution in [3.63, 3.8) is 0 Å². The van der Waals surface area contributed by atoms with E-state index < -0.39 is 0 Å². The van der Waals surface area contributed by atoms with E-state index in [-0.39, 0.29) is 30.3 Å². The Morgan fingerprint density at radius 2 is 1.93 bits per heavy atom. The first-order chi connectivity index (χ1) is 13.6. The van der Waals surface area contributed by atoms with E-state index in [2.05, 4.69) is 10.3 Å². The van der Waals surface area contributed by atoms with Gasteiger partial charge in [0, 0.05) is 11.4 Å². The SMILES string of the molecule is CCC(C(=O)N(CC(=O)Nc1nc(C)cs1)C1CCCCC1)c1ccccc1. The molecule has 5 nitrogen and oxygen atoms in total. The van der Waals surface area contributed by atoms with Crippen LogP contribution in [-0.4, -0.2) is 34.3 Å². The van der Waals surface area contributed by atoms with Gasteiger partial charge in [-0.15, -0.1) is 11.3 Å². The van der Waals surface area contributed by atoms with Gasteiger partial charge in [0.05, 0.1) is 11.6 Å². The van der Waals surface area contributed by atoms with E-state index in [9.17, 15) is 9.59 Å². The molecule has 1 aliphatic rings.